The van der Waals surface area contributed by atoms with E-state index < -0.39 is 94.1 Å². The van der Waals surface area contributed by atoms with Crippen molar-refractivity contribution < 1.29 is 47.0 Å². The number of ketones is 1. The lowest BCUT2D eigenvalue weighted by Crippen LogP contribution is -2.52. The van der Waals surface area contributed by atoms with E-state index in [0.717, 1.165) is 23.4 Å². The van der Waals surface area contributed by atoms with Crippen molar-refractivity contribution in [2.45, 2.75) is 61.0 Å². The first-order valence-electron chi connectivity index (χ1n) is 12.4. The second-order valence-electron chi connectivity index (χ2n) is 10.1. The predicted molar refractivity (Wildman–Crippen MR) is 133 cm³/mol. The van der Waals surface area contributed by atoms with Gasteiger partial charge in [0.25, 0.3) is 5.91 Å². The van der Waals surface area contributed by atoms with Gasteiger partial charge in [-0.25, -0.2) is 13.2 Å². The average Bonchev–Trinajstić information content (AvgIpc) is 3.27. The van der Waals surface area contributed by atoms with E-state index in [-0.39, 0.29) is 30.5 Å². The van der Waals surface area contributed by atoms with Crippen molar-refractivity contribution in [2.24, 2.45) is 0 Å². The summed E-state index contributed by atoms with van der Waals surface area (Å²) in [5.41, 5.74) is -0.853. The first kappa shape index (κ1) is 31.0. The van der Waals surface area contributed by atoms with Crippen molar-refractivity contribution in [2.75, 3.05) is 11.4 Å². The normalized spacial score (nSPS) is 21.5. The Bertz CT molecular complexity index is 1440. The summed E-state index contributed by atoms with van der Waals surface area (Å²) in [6, 6.07) is -2.51. The summed E-state index contributed by atoms with van der Waals surface area (Å²) >= 11 is 0. The molecule has 17 heteroatoms. The van der Waals surface area contributed by atoms with Gasteiger partial charge in [-0.3, -0.25) is 29.2 Å². The molecule has 2 aliphatic rings. The van der Waals surface area contributed by atoms with Crippen LogP contribution in [-0.2, 0) is 14.4 Å². The molecule has 1 aromatic carbocycles. The second-order valence-corrected chi connectivity index (χ2v) is 12.5. The lowest BCUT2D eigenvalue weighted by molar-refractivity contribution is -0.129. The van der Waals surface area contributed by atoms with E-state index >= 15 is 0 Å². The Morgan fingerprint density at radius 1 is 1.10 bits per heavy atom. The number of halogens is 8. The zero-order valence-corrected chi connectivity index (χ0v) is 22.3. The number of nitriles is 1. The summed E-state index contributed by atoms with van der Waals surface area (Å²) < 4.78 is 109. The second kappa shape index (κ2) is 10.1. The van der Waals surface area contributed by atoms with Crippen LogP contribution in [0.4, 0.5) is 38.3 Å². The zero-order chi connectivity index (χ0) is 31.2. The van der Waals surface area contributed by atoms with Crippen molar-refractivity contribution in [3.8, 4) is 6.19 Å². The van der Waals surface area contributed by atoms with Gasteiger partial charge in [0.15, 0.2) is 12.0 Å². The molecule has 1 N–H and O–H groups in total. The summed E-state index contributed by atoms with van der Waals surface area (Å²) in [5, 5.41) is 11.9. The highest BCUT2D eigenvalue weighted by Crippen LogP contribution is 3.02. The van der Waals surface area contributed by atoms with Gasteiger partial charge in [-0.1, -0.05) is 19.4 Å². The number of rotatable bonds is 7. The Morgan fingerprint density at radius 3 is 2.26 bits per heavy atom. The predicted octanol–water partition coefficient (Wildman–Crippen LogP) is 5.77. The van der Waals surface area contributed by atoms with Gasteiger partial charge < -0.3 is 5.32 Å². The van der Waals surface area contributed by atoms with Crippen molar-refractivity contribution >= 4 is 33.5 Å². The number of hydrogen-bond acceptors (Lipinski definition) is 6. The molecular weight excluding hydrogens is 602 g/mol. The third-order valence-corrected chi connectivity index (χ3v) is 8.13. The minimum Gasteiger partial charge on any atom is -0.351 e. The molecule has 0 radical (unpaired) electrons. The van der Waals surface area contributed by atoms with Crippen LogP contribution < -0.4 is 10.2 Å². The van der Waals surface area contributed by atoms with Crippen molar-refractivity contribution in [1.29, 1.82) is 5.26 Å². The summed E-state index contributed by atoms with van der Waals surface area (Å²) in [5.74, 6) is -6.74. The Hall–Kier alpha value is -3.94. The molecule has 2 fully saturated rings. The number of alkyl halides is 2. The number of nitrogens with one attached hydrogen (secondary N) is 1. The highest BCUT2D eigenvalue weighted by Gasteiger charge is 2.65. The topological polar surface area (TPSA) is 106 Å². The number of anilines is 1. The van der Waals surface area contributed by atoms with E-state index in [9.17, 15) is 52.2 Å². The summed E-state index contributed by atoms with van der Waals surface area (Å²) in [4.78, 5) is 42.3. The molecule has 0 bridgehead atoms. The number of amides is 2. The Balaban J connectivity index is 1.83. The van der Waals surface area contributed by atoms with Crippen LogP contribution in [0.1, 0.15) is 43.7 Å². The number of hydrogen-bond donors (Lipinski definition) is 1. The van der Waals surface area contributed by atoms with Gasteiger partial charge in [-0.15, -0.1) is 0 Å². The third-order valence-electron chi connectivity index (χ3n) is 6.97. The van der Waals surface area contributed by atoms with Gasteiger partial charge in [-0.2, -0.15) is 5.26 Å². The molecule has 1 aliphatic carbocycles. The lowest BCUT2D eigenvalue weighted by Gasteiger charge is -2.41. The van der Waals surface area contributed by atoms with E-state index in [1.54, 1.807) is 6.19 Å². The van der Waals surface area contributed by atoms with E-state index in [1.165, 1.54) is 0 Å². The minimum absolute atomic E-state index is 0.00103. The van der Waals surface area contributed by atoms with E-state index in [0.29, 0.717) is 17.0 Å². The van der Waals surface area contributed by atoms with Crippen LogP contribution in [0.5, 0.6) is 0 Å². The highest BCUT2D eigenvalue weighted by molar-refractivity contribution is 8.45. The van der Waals surface area contributed by atoms with Gasteiger partial charge in [0.2, 0.25) is 11.8 Å². The van der Waals surface area contributed by atoms with Gasteiger partial charge in [0.1, 0.15) is 22.8 Å². The fourth-order valence-electron chi connectivity index (χ4n) is 4.90. The number of pyridine rings is 1. The first-order chi connectivity index (χ1) is 19.3. The molecule has 1 saturated carbocycles. The highest BCUT2D eigenvalue weighted by atomic mass is 32.5. The fourth-order valence-corrected chi connectivity index (χ4v) is 5.55. The number of aromatic nitrogens is 1. The summed E-state index contributed by atoms with van der Waals surface area (Å²) in [6.45, 7) is -0.488. The van der Waals surface area contributed by atoms with Crippen LogP contribution in [0.15, 0.2) is 47.6 Å². The van der Waals surface area contributed by atoms with E-state index in [2.05, 4.69) is 10.3 Å². The molecule has 2 amide bonds. The number of benzene rings is 1. The molecule has 2 heterocycles. The molecule has 1 aromatic heterocycles. The minimum atomic E-state index is -10.2. The largest absolute Gasteiger partial charge is 0.351 e. The molecule has 1 saturated heterocycles. The van der Waals surface area contributed by atoms with Gasteiger partial charge in [-0.05, 0) is 43.2 Å². The molecule has 2 unspecified atom stereocenters. The molecule has 4 rings (SSSR count). The quantitative estimate of drug-likeness (QED) is 0.310. The van der Waals surface area contributed by atoms with E-state index in [4.69, 9.17) is 0 Å². The fraction of sp³-hybridized carbons (Fsp3) is 0.400. The molecule has 228 valence electrons. The lowest BCUT2D eigenvalue weighted by atomic mass is 9.91. The van der Waals surface area contributed by atoms with Crippen LogP contribution in [-0.4, -0.2) is 52.0 Å². The number of likely N-dealkylation sites (tertiary alicyclic amines) is 1. The molecule has 42 heavy (non-hydrogen) atoms. The van der Waals surface area contributed by atoms with Gasteiger partial charge >= 0.3 is 10.2 Å². The molecule has 0 spiro atoms. The molecular formula is C25H23F8N5O3S. The third kappa shape index (κ3) is 6.92. The van der Waals surface area contributed by atoms with Crippen molar-refractivity contribution in [1.82, 2.24) is 15.2 Å². The maximum atomic E-state index is 14.3. The zero-order valence-electron chi connectivity index (χ0n) is 21.5. The van der Waals surface area contributed by atoms with Gasteiger partial charge in [0, 0.05) is 42.8 Å². The summed E-state index contributed by atoms with van der Waals surface area (Å²) in [7, 11) is -10.2. The molecule has 2 atom stereocenters. The van der Waals surface area contributed by atoms with Crippen LogP contribution >= 0.6 is 10.2 Å². The van der Waals surface area contributed by atoms with Crippen LogP contribution in [0, 0.1) is 17.3 Å². The summed E-state index contributed by atoms with van der Waals surface area (Å²) in [6.07, 6.45) is 1.36. The van der Waals surface area contributed by atoms with Crippen molar-refractivity contribution in [3.05, 3.63) is 54.1 Å². The van der Waals surface area contributed by atoms with Crippen molar-refractivity contribution in [3.63, 3.8) is 0 Å². The first-order valence-corrected chi connectivity index (χ1v) is 14.4. The Morgan fingerprint density at radius 2 is 1.71 bits per heavy atom. The standard InChI is InChI=1S/C25H23F8N5O3S/c26-16-9-15(11-35-12-16)22(23(40)36-17-5-7-25(27,28)8-6-17)38(24(41)21-10-19(39)13-37(21)14-34)18-1-3-20(4-2-18)42(29,30,31,32)33/h1-4,9,11-12,17,21-22H,5-8,10,13H2,(H,36,40). The van der Waals surface area contributed by atoms with E-state index in [1.807, 2.05) is 0 Å². The smallest absolute Gasteiger partial charge is 0.310 e. The number of nitrogens with zero attached hydrogens (tertiary/aromatic N) is 4. The average molecular weight is 626 g/mol. The van der Waals surface area contributed by atoms with Crippen LogP contribution in [0.25, 0.3) is 0 Å². The number of carbonyl (C=O) groups is 3. The van der Waals surface area contributed by atoms with Gasteiger partial charge in [0.05, 0.1) is 12.7 Å². The van der Waals surface area contributed by atoms with Crippen LogP contribution in [0.2, 0.25) is 0 Å². The van der Waals surface area contributed by atoms with Crippen LogP contribution in [0.3, 0.4) is 0 Å². The SMILES string of the molecule is N#CN1CC(=O)CC1C(=O)N(c1ccc(S(F)(F)(F)(F)F)cc1)C(C(=O)NC1CCC(F)(F)CC1)c1cncc(F)c1. The molecule has 8 nitrogen and oxygen atoms in total. The Labute approximate surface area is 234 Å². The molecule has 1 aliphatic heterocycles. The Kier molecular flexibility index (Phi) is 7.46. The maximum Gasteiger partial charge on any atom is 0.310 e. The molecule has 2 aromatic rings. The number of carbonyl (C=O) groups excluding carboxylic acids is 3. The maximum absolute atomic E-state index is 14.3. The monoisotopic (exact) mass is 625 g/mol. The number of Topliss-reactive ketones (excluding diaryl/α,β-unsaturated/α-hetero) is 1.